The summed E-state index contributed by atoms with van der Waals surface area (Å²) >= 11 is 0. The Morgan fingerprint density at radius 2 is 2.00 bits per heavy atom. The van der Waals surface area contributed by atoms with Crippen molar-refractivity contribution in [3.8, 4) is 5.75 Å². The molecule has 1 aliphatic heterocycles. The third-order valence-corrected chi connectivity index (χ3v) is 2.53. The summed E-state index contributed by atoms with van der Waals surface area (Å²) in [6.07, 6.45) is 0.315. The van der Waals surface area contributed by atoms with Crippen LogP contribution in [-0.2, 0) is 4.79 Å². The smallest absolute Gasteiger partial charge is 0.387 e. The van der Waals surface area contributed by atoms with Gasteiger partial charge >= 0.3 is 6.61 Å². The number of nitrogens with zero attached hydrogens (tertiary/aromatic N) is 1. The molecule has 1 aliphatic rings. The van der Waals surface area contributed by atoms with E-state index < -0.39 is 6.61 Å². The lowest BCUT2D eigenvalue weighted by Crippen LogP contribution is -2.27. The number of anilines is 1. The van der Waals surface area contributed by atoms with Gasteiger partial charge in [-0.1, -0.05) is 0 Å². The molecule has 0 radical (unpaired) electrons. The van der Waals surface area contributed by atoms with Crippen LogP contribution in [0, 0.1) is 0 Å². The van der Waals surface area contributed by atoms with Crippen molar-refractivity contribution in [3.63, 3.8) is 0 Å². The van der Waals surface area contributed by atoms with Crippen LogP contribution < -0.4 is 15.4 Å². The summed E-state index contributed by atoms with van der Waals surface area (Å²) in [5.74, 6) is 0.0136. The van der Waals surface area contributed by atoms with E-state index in [1.54, 1.807) is 12.1 Å². The number of nitrogens with two attached hydrogens (primary N) is 1. The summed E-state index contributed by atoms with van der Waals surface area (Å²) in [4.78, 5) is 13.1. The molecule has 92 valence electrons. The number of carbonyl (C=O) groups is 1. The van der Waals surface area contributed by atoms with E-state index in [1.165, 1.54) is 17.0 Å². The zero-order valence-electron chi connectivity index (χ0n) is 8.98. The van der Waals surface area contributed by atoms with Gasteiger partial charge in [0.2, 0.25) is 5.91 Å². The van der Waals surface area contributed by atoms with Gasteiger partial charge in [-0.25, -0.2) is 0 Å². The maximum atomic E-state index is 11.9. The fourth-order valence-corrected chi connectivity index (χ4v) is 1.79. The van der Waals surface area contributed by atoms with E-state index in [-0.39, 0.29) is 17.7 Å². The lowest BCUT2D eigenvalue weighted by Gasteiger charge is -2.16. The first-order valence-electron chi connectivity index (χ1n) is 5.17. The van der Waals surface area contributed by atoms with Crippen molar-refractivity contribution in [3.05, 3.63) is 24.3 Å². The van der Waals surface area contributed by atoms with Gasteiger partial charge in [-0.3, -0.25) is 4.79 Å². The van der Waals surface area contributed by atoms with Crippen molar-refractivity contribution >= 4 is 11.6 Å². The van der Waals surface area contributed by atoms with Crippen LogP contribution in [-0.4, -0.2) is 25.1 Å². The number of amides is 1. The molecule has 1 aromatic rings. The lowest BCUT2D eigenvalue weighted by molar-refractivity contribution is -0.117. The average molecular weight is 242 g/mol. The van der Waals surface area contributed by atoms with E-state index in [2.05, 4.69) is 4.74 Å². The molecular weight excluding hydrogens is 230 g/mol. The van der Waals surface area contributed by atoms with Gasteiger partial charge in [0.05, 0.1) is 0 Å². The minimum atomic E-state index is -2.84. The zero-order chi connectivity index (χ0) is 12.4. The van der Waals surface area contributed by atoms with Crippen molar-refractivity contribution in [2.45, 2.75) is 19.1 Å². The second-order valence-corrected chi connectivity index (χ2v) is 3.84. The largest absolute Gasteiger partial charge is 0.435 e. The monoisotopic (exact) mass is 242 g/mol. The highest BCUT2D eigenvalue weighted by molar-refractivity contribution is 5.96. The van der Waals surface area contributed by atoms with Gasteiger partial charge < -0.3 is 15.4 Å². The van der Waals surface area contributed by atoms with Crippen molar-refractivity contribution in [1.82, 2.24) is 0 Å². The molecule has 0 bridgehead atoms. The highest BCUT2D eigenvalue weighted by Gasteiger charge is 2.27. The fourth-order valence-electron chi connectivity index (χ4n) is 1.79. The Hall–Kier alpha value is -1.69. The molecule has 0 aliphatic carbocycles. The third-order valence-electron chi connectivity index (χ3n) is 2.53. The number of ether oxygens (including phenoxy) is 1. The van der Waals surface area contributed by atoms with Gasteiger partial charge in [-0.15, -0.1) is 0 Å². The Bertz CT molecular complexity index is 408. The summed E-state index contributed by atoms with van der Waals surface area (Å²) < 4.78 is 28.1. The van der Waals surface area contributed by atoms with Crippen LogP contribution in [0.3, 0.4) is 0 Å². The molecule has 1 heterocycles. The van der Waals surface area contributed by atoms with E-state index >= 15 is 0 Å². The van der Waals surface area contributed by atoms with Gasteiger partial charge in [0.25, 0.3) is 0 Å². The standard InChI is InChI=1S/C11H12F2N2O2/c12-11(13)17-9-3-1-8(2-4-9)15-6-7(14)5-10(15)16/h1-4,7,11H,5-6,14H2. The quantitative estimate of drug-likeness (QED) is 0.870. The van der Waals surface area contributed by atoms with Crippen LogP contribution in [0.2, 0.25) is 0 Å². The van der Waals surface area contributed by atoms with Crippen LogP contribution >= 0.6 is 0 Å². The molecule has 6 heteroatoms. The van der Waals surface area contributed by atoms with Gasteiger partial charge in [0, 0.05) is 24.7 Å². The molecular formula is C11H12F2N2O2. The van der Waals surface area contributed by atoms with Crippen LogP contribution in [0.5, 0.6) is 5.75 Å². The van der Waals surface area contributed by atoms with Crippen molar-refractivity contribution in [2.75, 3.05) is 11.4 Å². The molecule has 0 saturated carbocycles. The average Bonchev–Trinajstić information content (AvgIpc) is 2.58. The highest BCUT2D eigenvalue weighted by Crippen LogP contribution is 2.24. The number of hydrogen-bond donors (Lipinski definition) is 1. The predicted octanol–water partition coefficient (Wildman–Crippen LogP) is 1.35. The Morgan fingerprint density at radius 1 is 1.35 bits per heavy atom. The van der Waals surface area contributed by atoms with E-state index in [1.807, 2.05) is 0 Å². The first-order valence-corrected chi connectivity index (χ1v) is 5.17. The number of hydrogen-bond acceptors (Lipinski definition) is 3. The molecule has 1 atom stereocenters. The van der Waals surface area contributed by atoms with Crippen LogP contribution in [0.1, 0.15) is 6.42 Å². The fraction of sp³-hybridized carbons (Fsp3) is 0.364. The molecule has 2 rings (SSSR count). The third kappa shape index (κ3) is 2.71. The second kappa shape index (κ2) is 4.67. The number of alkyl halides is 2. The summed E-state index contributed by atoms with van der Waals surface area (Å²) in [5, 5.41) is 0. The van der Waals surface area contributed by atoms with Gasteiger partial charge in [0.15, 0.2) is 0 Å². The van der Waals surface area contributed by atoms with Crippen molar-refractivity contribution in [1.29, 1.82) is 0 Å². The first kappa shape index (κ1) is 11.8. The zero-order valence-corrected chi connectivity index (χ0v) is 8.98. The van der Waals surface area contributed by atoms with Crippen molar-refractivity contribution < 1.29 is 18.3 Å². The summed E-state index contributed by atoms with van der Waals surface area (Å²) in [5.41, 5.74) is 6.31. The SMILES string of the molecule is NC1CC(=O)N(c2ccc(OC(F)F)cc2)C1. The molecule has 2 N–H and O–H groups in total. The summed E-state index contributed by atoms with van der Waals surface area (Å²) in [6, 6.07) is 5.76. The van der Waals surface area contributed by atoms with E-state index in [0.717, 1.165) is 0 Å². The number of halogens is 2. The van der Waals surface area contributed by atoms with Gasteiger partial charge in [-0.05, 0) is 24.3 Å². The highest BCUT2D eigenvalue weighted by atomic mass is 19.3. The molecule has 0 aromatic heterocycles. The summed E-state index contributed by atoms with van der Waals surface area (Å²) in [7, 11) is 0. The number of carbonyl (C=O) groups excluding carboxylic acids is 1. The molecule has 1 amide bonds. The first-order chi connectivity index (χ1) is 8.06. The molecule has 0 spiro atoms. The minimum absolute atomic E-state index is 0.0555. The predicted molar refractivity (Wildman–Crippen MR) is 58.0 cm³/mol. The Kier molecular flexibility index (Phi) is 3.23. The minimum Gasteiger partial charge on any atom is -0.435 e. The molecule has 1 fully saturated rings. The van der Waals surface area contributed by atoms with E-state index in [4.69, 9.17) is 5.73 Å². The molecule has 1 saturated heterocycles. The van der Waals surface area contributed by atoms with Crippen LogP contribution in [0.4, 0.5) is 14.5 Å². The maximum absolute atomic E-state index is 11.9. The second-order valence-electron chi connectivity index (χ2n) is 3.84. The van der Waals surface area contributed by atoms with Crippen LogP contribution in [0.15, 0.2) is 24.3 Å². The number of benzene rings is 1. The van der Waals surface area contributed by atoms with Crippen molar-refractivity contribution in [2.24, 2.45) is 5.73 Å². The molecule has 17 heavy (non-hydrogen) atoms. The molecule has 1 aromatic carbocycles. The Labute approximate surface area is 97.0 Å². The Morgan fingerprint density at radius 3 is 2.47 bits per heavy atom. The number of rotatable bonds is 3. The van der Waals surface area contributed by atoms with E-state index in [9.17, 15) is 13.6 Å². The molecule has 1 unspecified atom stereocenters. The lowest BCUT2D eigenvalue weighted by atomic mass is 10.3. The maximum Gasteiger partial charge on any atom is 0.387 e. The van der Waals surface area contributed by atoms with Gasteiger partial charge in [-0.2, -0.15) is 8.78 Å². The summed E-state index contributed by atoms with van der Waals surface area (Å²) in [6.45, 7) is -2.39. The molecule has 4 nitrogen and oxygen atoms in total. The normalized spacial score (nSPS) is 20.1. The van der Waals surface area contributed by atoms with E-state index in [0.29, 0.717) is 18.7 Å². The van der Waals surface area contributed by atoms with Crippen LogP contribution in [0.25, 0.3) is 0 Å². The topological polar surface area (TPSA) is 55.6 Å². The van der Waals surface area contributed by atoms with Gasteiger partial charge in [0.1, 0.15) is 5.75 Å². The Balaban J connectivity index is 2.10.